The summed E-state index contributed by atoms with van der Waals surface area (Å²) in [5, 5.41) is 8.30. The minimum atomic E-state index is -3.87. The largest absolute Gasteiger partial charge is 0.477 e. The van der Waals surface area contributed by atoms with Crippen LogP contribution in [0.3, 0.4) is 0 Å². The van der Waals surface area contributed by atoms with E-state index in [1.165, 1.54) is 18.2 Å². The molecule has 28 heavy (non-hydrogen) atoms. The first kappa shape index (κ1) is 20.4. The summed E-state index contributed by atoms with van der Waals surface area (Å²) >= 11 is 11.9. The van der Waals surface area contributed by atoms with Gasteiger partial charge in [0.05, 0.1) is 22.3 Å². The van der Waals surface area contributed by atoms with E-state index >= 15 is 0 Å². The standard InChI is InChI=1S/C19H17Cl2N3O3S/c1-2-12-27-18-11-10-16(22-23-18)13-6-8-14(9-7-13)24-28(25,26)17-5-3-4-15(20)19(17)21/h3-11,24H,2,12H2,1H3. The number of hydrogen-bond acceptors (Lipinski definition) is 5. The summed E-state index contributed by atoms with van der Waals surface area (Å²) < 4.78 is 33.0. The molecule has 0 bridgehead atoms. The van der Waals surface area contributed by atoms with Crippen molar-refractivity contribution >= 4 is 38.9 Å². The molecule has 0 atom stereocenters. The van der Waals surface area contributed by atoms with Crippen molar-refractivity contribution in [2.24, 2.45) is 0 Å². The summed E-state index contributed by atoms with van der Waals surface area (Å²) in [6, 6.07) is 14.7. The molecule has 1 heterocycles. The van der Waals surface area contributed by atoms with Crippen LogP contribution in [0.15, 0.2) is 59.5 Å². The van der Waals surface area contributed by atoms with Crippen LogP contribution in [0, 0.1) is 0 Å². The van der Waals surface area contributed by atoms with E-state index in [2.05, 4.69) is 14.9 Å². The summed E-state index contributed by atoms with van der Waals surface area (Å²) in [7, 11) is -3.87. The molecule has 0 saturated heterocycles. The third-order valence-electron chi connectivity index (χ3n) is 3.73. The molecule has 3 aromatic rings. The molecule has 1 N–H and O–H groups in total. The molecule has 0 radical (unpaired) electrons. The highest BCUT2D eigenvalue weighted by atomic mass is 35.5. The van der Waals surface area contributed by atoms with Crippen molar-refractivity contribution in [1.29, 1.82) is 0 Å². The zero-order valence-corrected chi connectivity index (χ0v) is 17.2. The molecule has 0 spiro atoms. The fraction of sp³-hybridized carbons (Fsp3) is 0.158. The zero-order chi connectivity index (χ0) is 20.1. The molecule has 146 valence electrons. The third-order valence-corrected chi connectivity index (χ3v) is 6.09. The summed E-state index contributed by atoms with van der Waals surface area (Å²) in [5.41, 5.74) is 1.82. The highest BCUT2D eigenvalue weighted by Crippen LogP contribution is 2.30. The highest BCUT2D eigenvalue weighted by Gasteiger charge is 2.19. The molecule has 3 rings (SSSR count). The summed E-state index contributed by atoms with van der Waals surface area (Å²) in [6.45, 7) is 2.59. The van der Waals surface area contributed by atoms with Crippen molar-refractivity contribution in [3.8, 4) is 17.1 Å². The quantitative estimate of drug-likeness (QED) is 0.559. The first-order chi connectivity index (χ1) is 13.4. The van der Waals surface area contributed by atoms with Crippen LogP contribution in [0.5, 0.6) is 5.88 Å². The molecule has 1 aromatic heterocycles. The Hall–Kier alpha value is -2.35. The smallest absolute Gasteiger partial charge is 0.263 e. The van der Waals surface area contributed by atoms with Gasteiger partial charge in [0.2, 0.25) is 5.88 Å². The van der Waals surface area contributed by atoms with Crippen LogP contribution < -0.4 is 9.46 Å². The Morgan fingerprint density at radius 1 is 1.00 bits per heavy atom. The van der Waals surface area contributed by atoms with E-state index in [0.717, 1.165) is 12.0 Å². The number of halogens is 2. The average Bonchev–Trinajstić information content (AvgIpc) is 2.69. The SMILES string of the molecule is CCCOc1ccc(-c2ccc(NS(=O)(=O)c3cccc(Cl)c3Cl)cc2)nn1. The minimum Gasteiger partial charge on any atom is -0.477 e. The lowest BCUT2D eigenvalue weighted by atomic mass is 10.1. The van der Waals surface area contributed by atoms with Gasteiger partial charge in [0, 0.05) is 17.3 Å². The molecule has 0 aliphatic heterocycles. The van der Waals surface area contributed by atoms with E-state index in [9.17, 15) is 8.42 Å². The number of anilines is 1. The van der Waals surface area contributed by atoms with Gasteiger partial charge in [0.15, 0.2) is 0 Å². The van der Waals surface area contributed by atoms with Gasteiger partial charge >= 0.3 is 0 Å². The van der Waals surface area contributed by atoms with Crippen LogP contribution in [0.1, 0.15) is 13.3 Å². The van der Waals surface area contributed by atoms with Crippen molar-refractivity contribution < 1.29 is 13.2 Å². The second-order valence-electron chi connectivity index (χ2n) is 5.84. The van der Waals surface area contributed by atoms with Gasteiger partial charge in [-0.2, -0.15) is 0 Å². The molecular weight excluding hydrogens is 421 g/mol. The maximum Gasteiger partial charge on any atom is 0.263 e. The predicted molar refractivity (Wildman–Crippen MR) is 111 cm³/mol. The third kappa shape index (κ3) is 4.73. The summed E-state index contributed by atoms with van der Waals surface area (Å²) in [5.74, 6) is 0.466. The Bertz CT molecular complexity index is 1060. The second kappa shape index (κ2) is 8.77. The zero-order valence-electron chi connectivity index (χ0n) is 14.9. The Balaban J connectivity index is 1.76. The average molecular weight is 438 g/mol. The maximum absolute atomic E-state index is 12.6. The Morgan fingerprint density at radius 2 is 1.75 bits per heavy atom. The van der Waals surface area contributed by atoms with E-state index in [0.29, 0.717) is 23.9 Å². The van der Waals surface area contributed by atoms with E-state index in [1.54, 1.807) is 36.4 Å². The normalized spacial score (nSPS) is 11.2. The van der Waals surface area contributed by atoms with E-state index in [4.69, 9.17) is 27.9 Å². The van der Waals surface area contributed by atoms with E-state index in [1.807, 2.05) is 6.92 Å². The van der Waals surface area contributed by atoms with Gasteiger partial charge in [-0.1, -0.05) is 48.3 Å². The Labute approximate surface area is 173 Å². The molecular formula is C19H17Cl2N3O3S. The van der Waals surface area contributed by atoms with Gasteiger partial charge < -0.3 is 4.74 Å². The topological polar surface area (TPSA) is 81.2 Å². The van der Waals surface area contributed by atoms with Gasteiger partial charge in [-0.25, -0.2) is 8.42 Å². The number of hydrogen-bond donors (Lipinski definition) is 1. The number of rotatable bonds is 7. The van der Waals surface area contributed by atoms with Crippen molar-refractivity contribution in [1.82, 2.24) is 10.2 Å². The molecule has 0 aliphatic carbocycles. The molecule has 0 saturated carbocycles. The fourth-order valence-electron chi connectivity index (χ4n) is 2.37. The molecule has 0 aliphatic rings. The van der Waals surface area contributed by atoms with Gasteiger partial charge in [-0.3, -0.25) is 4.72 Å². The Kier molecular flexibility index (Phi) is 6.39. The van der Waals surface area contributed by atoms with E-state index < -0.39 is 10.0 Å². The number of ether oxygens (including phenoxy) is 1. The van der Waals surface area contributed by atoms with Gasteiger partial charge in [0.25, 0.3) is 10.0 Å². The Morgan fingerprint density at radius 3 is 2.39 bits per heavy atom. The number of sulfonamides is 1. The minimum absolute atomic E-state index is 0.0195. The van der Waals surface area contributed by atoms with Crippen LogP contribution in [0.2, 0.25) is 10.0 Å². The number of nitrogens with zero attached hydrogens (tertiary/aromatic N) is 2. The van der Waals surface area contributed by atoms with Crippen LogP contribution in [0.25, 0.3) is 11.3 Å². The van der Waals surface area contributed by atoms with Crippen molar-refractivity contribution in [3.63, 3.8) is 0 Å². The van der Waals surface area contributed by atoms with Gasteiger partial charge in [-0.05, 0) is 36.8 Å². The molecule has 0 unspecified atom stereocenters. The first-order valence-corrected chi connectivity index (χ1v) is 10.7. The van der Waals surface area contributed by atoms with Crippen molar-refractivity contribution in [2.45, 2.75) is 18.2 Å². The predicted octanol–water partition coefficient (Wildman–Crippen LogP) is 5.04. The van der Waals surface area contributed by atoms with Gasteiger partial charge in [-0.15, -0.1) is 10.2 Å². The lowest BCUT2D eigenvalue weighted by Gasteiger charge is -2.11. The number of nitrogens with one attached hydrogen (secondary N) is 1. The van der Waals surface area contributed by atoms with E-state index in [-0.39, 0.29) is 14.9 Å². The molecule has 2 aromatic carbocycles. The number of aromatic nitrogens is 2. The summed E-state index contributed by atoms with van der Waals surface area (Å²) in [6.07, 6.45) is 0.890. The van der Waals surface area contributed by atoms with Gasteiger partial charge in [0.1, 0.15) is 4.90 Å². The van der Waals surface area contributed by atoms with Crippen LogP contribution in [-0.4, -0.2) is 25.2 Å². The first-order valence-electron chi connectivity index (χ1n) is 8.44. The van der Waals surface area contributed by atoms with Crippen LogP contribution in [0.4, 0.5) is 5.69 Å². The lowest BCUT2D eigenvalue weighted by molar-refractivity contribution is 0.302. The fourth-order valence-corrected chi connectivity index (χ4v) is 4.19. The van der Waals surface area contributed by atoms with Crippen molar-refractivity contribution in [3.05, 3.63) is 64.6 Å². The molecule has 0 fully saturated rings. The highest BCUT2D eigenvalue weighted by molar-refractivity contribution is 7.92. The lowest BCUT2D eigenvalue weighted by Crippen LogP contribution is -2.13. The second-order valence-corrected chi connectivity index (χ2v) is 8.28. The van der Waals surface area contributed by atoms with Crippen LogP contribution in [-0.2, 0) is 10.0 Å². The maximum atomic E-state index is 12.6. The molecule has 0 amide bonds. The number of benzene rings is 2. The molecule has 9 heteroatoms. The van der Waals surface area contributed by atoms with Crippen LogP contribution >= 0.6 is 23.2 Å². The summed E-state index contributed by atoms with van der Waals surface area (Å²) in [4.78, 5) is -0.0840. The molecule has 6 nitrogen and oxygen atoms in total. The van der Waals surface area contributed by atoms with Crippen molar-refractivity contribution in [2.75, 3.05) is 11.3 Å². The monoisotopic (exact) mass is 437 g/mol.